The fourth-order valence-corrected chi connectivity index (χ4v) is 2.70. The van der Waals surface area contributed by atoms with Crippen LogP contribution in [0, 0.1) is 12.7 Å². The molecule has 1 amide bonds. The van der Waals surface area contributed by atoms with Gasteiger partial charge < -0.3 is 5.32 Å². The first-order valence-electron chi connectivity index (χ1n) is 8.75. The number of aryl methyl sites for hydroxylation is 1. The van der Waals surface area contributed by atoms with Crippen molar-refractivity contribution in [1.29, 1.82) is 0 Å². The third kappa shape index (κ3) is 3.75. The molecule has 144 valence electrons. The average molecular weight is 382 g/mol. The van der Waals surface area contributed by atoms with E-state index in [0.29, 0.717) is 5.56 Å². The number of halogens is 1. The Morgan fingerprint density at radius 1 is 1.11 bits per heavy atom. The topological polar surface area (TPSA) is 86.0 Å². The zero-order chi connectivity index (χ0) is 20.3. The van der Waals surface area contributed by atoms with E-state index in [9.17, 15) is 18.8 Å². The fourth-order valence-electron chi connectivity index (χ4n) is 2.70. The number of hydrogen-bond acceptors (Lipinski definition) is 4. The van der Waals surface area contributed by atoms with E-state index < -0.39 is 28.7 Å². The molecule has 0 aliphatic carbocycles. The molecule has 0 unspecified atom stereocenters. The number of nitrogens with one attached hydrogen (secondary N) is 1. The van der Waals surface area contributed by atoms with Gasteiger partial charge in [0.1, 0.15) is 11.5 Å². The zero-order valence-electron chi connectivity index (χ0n) is 15.5. The van der Waals surface area contributed by atoms with Crippen molar-refractivity contribution in [1.82, 2.24) is 19.7 Å². The normalized spacial score (nSPS) is 10.7. The minimum atomic E-state index is -0.830. The number of amides is 1. The minimum absolute atomic E-state index is 0.0681. The molecule has 0 spiro atoms. The molecular weight excluding hydrogens is 363 g/mol. The van der Waals surface area contributed by atoms with Crippen molar-refractivity contribution in [2.75, 3.05) is 6.54 Å². The lowest BCUT2D eigenvalue weighted by Crippen LogP contribution is -2.46. The van der Waals surface area contributed by atoms with Gasteiger partial charge in [-0.15, -0.1) is 0 Å². The Hall–Kier alpha value is -3.55. The standard InChI is InChI=1S/C20H19FN4O3/c1-3-22-18(26)17-19(27)24(12-14-10-8-13(2)9-11-14)20(28)25(23-17)16-7-5-4-6-15(16)21/h4-11H,3,12H2,1-2H3,(H,22,26). The van der Waals surface area contributed by atoms with Gasteiger partial charge in [0.25, 0.3) is 11.5 Å². The first-order chi connectivity index (χ1) is 13.4. The smallest absolute Gasteiger partial charge is 0.351 e. The predicted molar refractivity (Wildman–Crippen MR) is 102 cm³/mol. The molecule has 0 saturated carbocycles. The first-order valence-corrected chi connectivity index (χ1v) is 8.75. The third-order valence-corrected chi connectivity index (χ3v) is 4.15. The highest BCUT2D eigenvalue weighted by molar-refractivity contribution is 5.91. The van der Waals surface area contributed by atoms with Crippen LogP contribution in [-0.2, 0) is 6.54 Å². The Labute approximate surface area is 160 Å². The highest BCUT2D eigenvalue weighted by Gasteiger charge is 2.21. The molecule has 1 heterocycles. The molecule has 0 aliphatic heterocycles. The Bertz CT molecular complexity index is 1130. The van der Waals surface area contributed by atoms with Crippen LogP contribution in [0.1, 0.15) is 28.5 Å². The molecule has 8 heteroatoms. The number of benzene rings is 2. The second-order valence-electron chi connectivity index (χ2n) is 6.23. The van der Waals surface area contributed by atoms with Crippen LogP contribution in [0.15, 0.2) is 58.1 Å². The van der Waals surface area contributed by atoms with Crippen LogP contribution in [0.25, 0.3) is 5.69 Å². The molecule has 0 aliphatic rings. The van der Waals surface area contributed by atoms with Gasteiger partial charge in [0.05, 0.1) is 6.54 Å². The molecule has 0 bridgehead atoms. The summed E-state index contributed by atoms with van der Waals surface area (Å²) in [7, 11) is 0. The summed E-state index contributed by atoms with van der Waals surface area (Å²) in [5.74, 6) is -1.42. The first kappa shape index (κ1) is 19.2. The van der Waals surface area contributed by atoms with Gasteiger partial charge >= 0.3 is 5.69 Å². The highest BCUT2D eigenvalue weighted by Crippen LogP contribution is 2.09. The van der Waals surface area contributed by atoms with Crippen LogP contribution in [0.5, 0.6) is 0 Å². The summed E-state index contributed by atoms with van der Waals surface area (Å²) >= 11 is 0. The molecule has 2 aromatic carbocycles. The van der Waals surface area contributed by atoms with Crippen molar-refractivity contribution in [3.63, 3.8) is 0 Å². The second-order valence-corrected chi connectivity index (χ2v) is 6.23. The van der Waals surface area contributed by atoms with Crippen LogP contribution >= 0.6 is 0 Å². The maximum atomic E-state index is 14.3. The number of carbonyl (C=O) groups is 1. The van der Waals surface area contributed by atoms with E-state index >= 15 is 0 Å². The van der Waals surface area contributed by atoms with Gasteiger partial charge in [0, 0.05) is 6.54 Å². The summed E-state index contributed by atoms with van der Waals surface area (Å²) in [5.41, 5.74) is -0.559. The maximum absolute atomic E-state index is 14.3. The van der Waals surface area contributed by atoms with Crippen molar-refractivity contribution in [2.24, 2.45) is 0 Å². The lowest BCUT2D eigenvalue weighted by Gasteiger charge is -2.12. The molecule has 3 rings (SSSR count). The lowest BCUT2D eigenvalue weighted by atomic mass is 10.1. The van der Waals surface area contributed by atoms with Crippen LogP contribution < -0.4 is 16.6 Å². The van der Waals surface area contributed by atoms with E-state index in [4.69, 9.17) is 0 Å². The van der Waals surface area contributed by atoms with E-state index in [0.717, 1.165) is 14.8 Å². The SMILES string of the molecule is CCNC(=O)c1nn(-c2ccccc2F)c(=O)n(Cc2ccc(C)cc2)c1=O. The molecule has 7 nitrogen and oxygen atoms in total. The van der Waals surface area contributed by atoms with Crippen LogP contribution in [0.4, 0.5) is 4.39 Å². The lowest BCUT2D eigenvalue weighted by molar-refractivity contribution is 0.0946. The summed E-state index contributed by atoms with van der Waals surface area (Å²) < 4.78 is 15.9. The molecule has 0 atom stereocenters. The largest absolute Gasteiger partial charge is 0.352 e. The summed E-state index contributed by atoms with van der Waals surface area (Å²) in [5, 5.41) is 6.35. The van der Waals surface area contributed by atoms with Crippen LogP contribution in [0.2, 0.25) is 0 Å². The molecule has 0 fully saturated rings. The van der Waals surface area contributed by atoms with Crippen molar-refractivity contribution in [3.8, 4) is 5.69 Å². The predicted octanol–water partition coefficient (Wildman–Crippen LogP) is 1.64. The maximum Gasteiger partial charge on any atom is 0.352 e. The van der Waals surface area contributed by atoms with E-state index in [-0.39, 0.29) is 18.8 Å². The number of aromatic nitrogens is 3. The molecular formula is C20H19FN4O3. The molecule has 1 N–H and O–H groups in total. The number of para-hydroxylation sites is 1. The molecule has 1 aromatic heterocycles. The van der Waals surface area contributed by atoms with Gasteiger partial charge in [0.15, 0.2) is 0 Å². The molecule has 28 heavy (non-hydrogen) atoms. The zero-order valence-corrected chi connectivity index (χ0v) is 15.5. The van der Waals surface area contributed by atoms with Crippen molar-refractivity contribution in [3.05, 3.63) is 92.0 Å². The average Bonchev–Trinajstić information content (AvgIpc) is 2.68. The van der Waals surface area contributed by atoms with Gasteiger partial charge in [0.2, 0.25) is 5.69 Å². The van der Waals surface area contributed by atoms with E-state index in [2.05, 4.69) is 10.4 Å². The quantitative estimate of drug-likeness (QED) is 0.727. The number of rotatable bonds is 5. The number of carbonyl (C=O) groups excluding carboxylic acids is 1. The Morgan fingerprint density at radius 2 is 1.79 bits per heavy atom. The summed E-state index contributed by atoms with van der Waals surface area (Å²) in [6.45, 7) is 3.81. The van der Waals surface area contributed by atoms with Crippen LogP contribution in [-0.4, -0.2) is 26.8 Å². The molecule has 0 saturated heterocycles. The van der Waals surface area contributed by atoms with E-state index in [1.807, 2.05) is 19.1 Å². The summed E-state index contributed by atoms with van der Waals surface area (Å²) in [6, 6.07) is 12.8. The summed E-state index contributed by atoms with van der Waals surface area (Å²) in [4.78, 5) is 38.0. The monoisotopic (exact) mass is 382 g/mol. The Balaban J connectivity index is 2.23. The third-order valence-electron chi connectivity index (χ3n) is 4.15. The van der Waals surface area contributed by atoms with Gasteiger partial charge in [-0.2, -0.15) is 9.78 Å². The second kappa shape index (κ2) is 7.99. The fraction of sp³-hybridized carbons (Fsp3) is 0.200. The van der Waals surface area contributed by atoms with Gasteiger partial charge in [-0.1, -0.05) is 42.0 Å². The Morgan fingerprint density at radius 3 is 2.43 bits per heavy atom. The van der Waals surface area contributed by atoms with Gasteiger partial charge in [-0.05, 0) is 31.5 Å². The number of nitrogens with zero attached hydrogens (tertiary/aromatic N) is 3. The highest BCUT2D eigenvalue weighted by atomic mass is 19.1. The summed E-state index contributed by atoms with van der Waals surface area (Å²) in [6.07, 6.45) is 0. The van der Waals surface area contributed by atoms with Gasteiger partial charge in [-0.3, -0.25) is 14.2 Å². The van der Waals surface area contributed by atoms with Crippen molar-refractivity contribution >= 4 is 5.91 Å². The van der Waals surface area contributed by atoms with Crippen molar-refractivity contribution in [2.45, 2.75) is 20.4 Å². The Kier molecular flexibility index (Phi) is 5.49. The minimum Gasteiger partial charge on any atom is -0.351 e. The number of hydrogen-bond donors (Lipinski definition) is 1. The van der Waals surface area contributed by atoms with E-state index in [1.54, 1.807) is 19.1 Å². The molecule has 0 radical (unpaired) electrons. The van der Waals surface area contributed by atoms with Gasteiger partial charge in [-0.25, -0.2) is 9.18 Å². The molecule has 3 aromatic rings. The van der Waals surface area contributed by atoms with E-state index in [1.165, 1.54) is 24.3 Å². The van der Waals surface area contributed by atoms with Crippen molar-refractivity contribution < 1.29 is 9.18 Å². The van der Waals surface area contributed by atoms with Crippen LogP contribution in [0.3, 0.4) is 0 Å².